The van der Waals surface area contributed by atoms with Crippen LogP contribution < -0.4 is 10.6 Å². The number of halogens is 1. The van der Waals surface area contributed by atoms with Crippen LogP contribution >= 0.6 is 11.6 Å². The van der Waals surface area contributed by atoms with Crippen molar-refractivity contribution in [2.45, 2.75) is 0 Å². The maximum atomic E-state index is 5.91. The second-order valence-electron chi connectivity index (χ2n) is 3.72. The molecular formula is C12H14ClN5O. The highest BCUT2D eigenvalue weighted by Crippen LogP contribution is 2.18. The molecule has 0 saturated heterocycles. The fraction of sp³-hybridized carbons (Fsp3) is 0.250. The topological polar surface area (TPSA) is 72.0 Å². The van der Waals surface area contributed by atoms with Crippen LogP contribution in [-0.4, -0.2) is 35.4 Å². The number of nitrogens with one attached hydrogen (secondary N) is 2. The Labute approximate surface area is 116 Å². The van der Waals surface area contributed by atoms with E-state index in [4.69, 9.17) is 16.3 Å². The highest BCUT2D eigenvalue weighted by atomic mass is 35.5. The molecule has 0 radical (unpaired) electrons. The molecule has 1 aromatic heterocycles. The fourth-order valence-corrected chi connectivity index (χ4v) is 1.61. The normalized spacial score (nSPS) is 10.2. The molecule has 1 heterocycles. The van der Waals surface area contributed by atoms with Crippen molar-refractivity contribution in [1.82, 2.24) is 15.2 Å². The van der Waals surface area contributed by atoms with Crippen LogP contribution in [0.4, 0.5) is 17.5 Å². The molecule has 2 rings (SSSR count). The summed E-state index contributed by atoms with van der Waals surface area (Å²) >= 11 is 5.91. The van der Waals surface area contributed by atoms with Gasteiger partial charge in [0.15, 0.2) is 5.82 Å². The van der Waals surface area contributed by atoms with Crippen molar-refractivity contribution in [3.8, 4) is 0 Å². The molecule has 0 aliphatic heterocycles. The van der Waals surface area contributed by atoms with Gasteiger partial charge in [0.2, 0.25) is 5.95 Å². The molecule has 6 nitrogen and oxygen atoms in total. The van der Waals surface area contributed by atoms with E-state index in [1.807, 2.05) is 24.3 Å². The lowest BCUT2D eigenvalue weighted by atomic mass is 10.3. The van der Waals surface area contributed by atoms with Gasteiger partial charge in [0.25, 0.3) is 0 Å². The molecule has 1 aromatic carbocycles. The van der Waals surface area contributed by atoms with Crippen LogP contribution in [-0.2, 0) is 4.74 Å². The molecule has 2 aromatic rings. The van der Waals surface area contributed by atoms with E-state index in [1.165, 1.54) is 0 Å². The van der Waals surface area contributed by atoms with E-state index < -0.39 is 0 Å². The van der Waals surface area contributed by atoms with Gasteiger partial charge in [-0.2, -0.15) is 10.1 Å². The summed E-state index contributed by atoms with van der Waals surface area (Å²) in [5.74, 6) is 1.04. The Hall–Kier alpha value is -1.92. The van der Waals surface area contributed by atoms with E-state index >= 15 is 0 Å². The molecule has 19 heavy (non-hydrogen) atoms. The van der Waals surface area contributed by atoms with Crippen molar-refractivity contribution in [3.63, 3.8) is 0 Å². The second-order valence-corrected chi connectivity index (χ2v) is 4.16. The lowest BCUT2D eigenvalue weighted by molar-refractivity contribution is 0.210. The molecule has 2 N–H and O–H groups in total. The summed E-state index contributed by atoms with van der Waals surface area (Å²) in [4.78, 5) is 4.28. The third kappa shape index (κ3) is 4.35. The van der Waals surface area contributed by atoms with Crippen LogP contribution in [0.3, 0.4) is 0 Å². The van der Waals surface area contributed by atoms with Gasteiger partial charge in [-0.15, -0.1) is 5.10 Å². The van der Waals surface area contributed by atoms with E-state index in [9.17, 15) is 0 Å². The molecular weight excluding hydrogens is 266 g/mol. The maximum Gasteiger partial charge on any atom is 0.244 e. The summed E-state index contributed by atoms with van der Waals surface area (Å²) in [6.07, 6.45) is 1.54. The molecule has 0 spiro atoms. The minimum atomic E-state index is 0.448. The molecule has 0 atom stereocenters. The molecule has 0 unspecified atom stereocenters. The number of benzene rings is 1. The number of aromatic nitrogens is 3. The van der Waals surface area contributed by atoms with Crippen LogP contribution in [0.25, 0.3) is 0 Å². The average Bonchev–Trinajstić information content (AvgIpc) is 2.39. The first-order valence-corrected chi connectivity index (χ1v) is 6.11. The number of rotatable bonds is 6. The van der Waals surface area contributed by atoms with Gasteiger partial charge >= 0.3 is 0 Å². The third-order valence-electron chi connectivity index (χ3n) is 2.25. The van der Waals surface area contributed by atoms with Crippen molar-refractivity contribution in [2.24, 2.45) is 0 Å². The molecule has 0 aliphatic carbocycles. The highest BCUT2D eigenvalue weighted by Gasteiger charge is 2.01. The molecule has 0 aliphatic rings. The Morgan fingerprint density at radius 1 is 1.37 bits per heavy atom. The van der Waals surface area contributed by atoms with Crippen molar-refractivity contribution >= 4 is 29.1 Å². The molecule has 100 valence electrons. The summed E-state index contributed by atoms with van der Waals surface area (Å²) in [6.45, 7) is 1.20. The number of methoxy groups -OCH3 is 1. The first-order valence-electron chi connectivity index (χ1n) is 5.73. The highest BCUT2D eigenvalue weighted by molar-refractivity contribution is 6.30. The Bertz CT molecular complexity index is 537. The Kier molecular flexibility index (Phi) is 4.88. The fourth-order valence-electron chi connectivity index (χ4n) is 1.42. The van der Waals surface area contributed by atoms with Crippen molar-refractivity contribution in [3.05, 3.63) is 35.5 Å². The summed E-state index contributed by atoms with van der Waals surface area (Å²) < 4.78 is 4.93. The quantitative estimate of drug-likeness (QED) is 0.791. The summed E-state index contributed by atoms with van der Waals surface area (Å²) in [6, 6.07) is 7.37. The Morgan fingerprint density at radius 2 is 2.26 bits per heavy atom. The molecule has 0 saturated carbocycles. The van der Waals surface area contributed by atoms with Crippen molar-refractivity contribution in [2.75, 3.05) is 30.9 Å². The van der Waals surface area contributed by atoms with E-state index in [-0.39, 0.29) is 0 Å². The number of anilines is 3. The van der Waals surface area contributed by atoms with E-state index in [1.54, 1.807) is 13.3 Å². The van der Waals surface area contributed by atoms with E-state index in [0.29, 0.717) is 29.9 Å². The number of hydrogen-bond acceptors (Lipinski definition) is 6. The van der Waals surface area contributed by atoms with Crippen LogP contribution in [0.5, 0.6) is 0 Å². The van der Waals surface area contributed by atoms with Gasteiger partial charge < -0.3 is 15.4 Å². The number of hydrogen-bond donors (Lipinski definition) is 2. The van der Waals surface area contributed by atoms with Crippen molar-refractivity contribution < 1.29 is 4.74 Å². The lowest BCUT2D eigenvalue weighted by Gasteiger charge is -2.07. The lowest BCUT2D eigenvalue weighted by Crippen LogP contribution is -2.11. The van der Waals surface area contributed by atoms with E-state index in [2.05, 4.69) is 25.8 Å². The average molecular weight is 280 g/mol. The largest absolute Gasteiger partial charge is 0.383 e. The van der Waals surface area contributed by atoms with Gasteiger partial charge in [0, 0.05) is 24.4 Å². The molecule has 0 bridgehead atoms. The van der Waals surface area contributed by atoms with Gasteiger partial charge in [0.1, 0.15) is 0 Å². The van der Waals surface area contributed by atoms with Crippen LogP contribution in [0.15, 0.2) is 30.5 Å². The number of nitrogens with zero attached hydrogens (tertiary/aromatic N) is 3. The van der Waals surface area contributed by atoms with Gasteiger partial charge in [-0.05, 0) is 18.2 Å². The van der Waals surface area contributed by atoms with Crippen molar-refractivity contribution in [1.29, 1.82) is 0 Å². The maximum absolute atomic E-state index is 5.91. The minimum Gasteiger partial charge on any atom is -0.383 e. The Morgan fingerprint density at radius 3 is 3.05 bits per heavy atom. The predicted octanol–water partition coefficient (Wildman–Crippen LogP) is 2.33. The summed E-state index contributed by atoms with van der Waals surface area (Å²) in [5, 5.41) is 14.5. The molecule has 0 fully saturated rings. The van der Waals surface area contributed by atoms with Gasteiger partial charge in [-0.25, -0.2) is 0 Å². The van der Waals surface area contributed by atoms with Crippen LogP contribution in [0.1, 0.15) is 0 Å². The summed E-state index contributed by atoms with van der Waals surface area (Å²) in [7, 11) is 1.64. The molecule has 7 heteroatoms. The zero-order valence-corrected chi connectivity index (χ0v) is 11.2. The molecule has 0 amide bonds. The predicted molar refractivity (Wildman–Crippen MR) is 74.9 cm³/mol. The number of ether oxygens (including phenoxy) is 1. The van der Waals surface area contributed by atoms with Crippen LogP contribution in [0.2, 0.25) is 5.02 Å². The third-order valence-corrected chi connectivity index (χ3v) is 2.48. The van der Waals surface area contributed by atoms with Crippen LogP contribution in [0, 0.1) is 0 Å². The SMILES string of the molecule is COCCNc1nncc(Nc2cccc(Cl)c2)n1. The standard InChI is InChI=1S/C12H14ClN5O/c1-19-6-5-14-12-17-11(8-15-18-12)16-10-4-2-3-9(13)7-10/h2-4,7-8H,5-6H2,1H3,(H2,14,16,17,18). The minimum absolute atomic E-state index is 0.448. The van der Waals surface area contributed by atoms with E-state index in [0.717, 1.165) is 5.69 Å². The van der Waals surface area contributed by atoms with Gasteiger partial charge in [-0.1, -0.05) is 17.7 Å². The zero-order valence-electron chi connectivity index (χ0n) is 10.4. The second kappa shape index (κ2) is 6.86. The Balaban J connectivity index is 2.02. The zero-order chi connectivity index (χ0) is 13.5. The monoisotopic (exact) mass is 279 g/mol. The first kappa shape index (κ1) is 13.5. The van der Waals surface area contributed by atoms with Gasteiger partial charge in [0.05, 0.1) is 12.8 Å². The first-order chi connectivity index (χ1) is 9.28. The van der Waals surface area contributed by atoms with Gasteiger partial charge in [-0.3, -0.25) is 0 Å². The smallest absolute Gasteiger partial charge is 0.244 e. The summed E-state index contributed by atoms with van der Waals surface area (Å²) in [5.41, 5.74) is 0.843.